The van der Waals surface area contributed by atoms with Crippen molar-refractivity contribution in [3.05, 3.63) is 65.2 Å². The van der Waals surface area contributed by atoms with Gasteiger partial charge in [-0.15, -0.1) is 0 Å². The number of carbonyl (C=O) groups excluding carboxylic acids is 1. The summed E-state index contributed by atoms with van der Waals surface area (Å²) in [6.07, 6.45) is 1.45. The number of phenolic OH excluding ortho intramolecular Hbond substituents is 1. The number of rotatable bonds is 5. The Morgan fingerprint density at radius 3 is 2.70 bits per heavy atom. The molecule has 0 heterocycles. The van der Waals surface area contributed by atoms with Gasteiger partial charge in [-0.3, -0.25) is 4.79 Å². The molecule has 0 radical (unpaired) electrons. The van der Waals surface area contributed by atoms with Crippen LogP contribution in [-0.2, 0) is 11.3 Å². The third kappa shape index (κ3) is 4.35. The largest absolute Gasteiger partial charge is 0.504 e. The van der Waals surface area contributed by atoms with Gasteiger partial charge in [0.15, 0.2) is 11.5 Å². The van der Waals surface area contributed by atoms with E-state index in [2.05, 4.69) is 5.32 Å². The molecule has 0 spiro atoms. The standard InChI is InChI=1S/C18H16N2O3/c1-23-17-10-14(7-8-16(17)21)9-15(11-19)18(22)20-12-13-5-3-2-4-6-13/h2-10,21H,12H2,1H3,(H,20,22)/b15-9+. The first-order chi connectivity index (χ1) is 11.1. The summed E-state index contributed by atoms with van der Waals surface area (Å²) in [5, 5.41) is 21.4. The lowest BCUT2D eigenvalue weighted by atomic mass is 10.1. The number of nitriles is 1. The molecule has 2 aromatic rings. The van der Waals surface area contributed by atoms with Gasteiger partial charge in [-0.25, -0.2) is 0 Å². The molecule has 1 amide bonds. The van der Waals surface area contributed by atoms with Gasteiger partial charge in [0.2, 0.25) is 0 Å². The molecule has 23 heavy (non-hydrogen) atoms. The highest BCUT2D eigenvalue weighted by atomic mass is 16.5. The van der Waals surface area contributed by atoms with Crippen LogP contribution in [0.3, 0.4) is 0 Å². The molecule has 5 nitrogen and oxygen atoms in total. The van der Waals surface area contributed by atoms with E-state index < -0.39 is 5.91 Å². The van der Waals surface area contributed by atoms with E-state index in [-0.39, 0.29) is 17.1 Å². The average molecular weight is 308 g/mol. The van der Waals surface area contributed by atoms with Crippen LogP contribution >= 0.6 is 0 Å². The molecule has 5 heteroatoms. The van der Waals surface area contributed by atoms with Crippen molar-refractivity contribution < 1.29 is 14.6 Å². The molecule has 0 aromatic heterocycles. The lowest BCUT2D eigenvalue weighted by Crippen LogP contribution is -2.23. The highest BCUT2D eigenvalue weighted by Crippen LogP contribution is 2.27. The molecule has 2 aromatic carbocycles. The summed E-state index contributed by atoms with van der Waals surface area (Å²) in [5.41, 5.74) is 1.52. The number of methoxy groups -OCH3 is 1. The second-order valence-corrected chi connectivity index (χ2v) is 4.77. The number of hydrogen-bond acceptors (Lipinski definition) is 4. The van der Waals surface area contributed by atoms with Crippen LogP contribution in [0.4, 0.5) is 0 Å². The smallest absolute Gasteiger partial charge is 0.262 e. The number of nitrogens with one attached hydrogen (secondary N) is 1. The van der Waals surface area contributed by atoms with Crippen molar-refractivity contribution in [1.82, 2.24) is 5.32 Å². The zero-order valence-corrected chi connectivity index (χ0v) is 12.6. The van der Waals surface area contributed by atoms with E-state index in [1.807, 2.05) is 36.4 Å². The maximum absolute atomic E-state index is 12.1. The average Bonchev–Trinajstić information content (AvgIpc) is 2.59. The van der Waals surface area contributed by atoms with Gasteiger partial charge >= 0.3 is 0 Å². The molecule has 2 N–H and O–H groups in total. The number of amides is 1. The summed E-state index contributed by atoms with van der Waals surface area (Å²) in [6, 6.07) is 15.9. The molecule has 0 atom stereocenters. The molecule has 0 fully saturated rings. The van der Waals surface area contributed by atoms with Crippen LogP contribution in [0.15, 0.2) is 54.1 Å². The zero-order chi connectivity index (χ0) is 16.7. The summed E-state index contributed by atoms with van der Waals surface area (Å²) < 4.78 is 5.00. The first-order valence-corrected chi connectivity index (χ1v) is 6.95. The third-order valence-corrected chi connectivity index (χ3v) is 3.18. The molecule has 0 aliphatic heterocycles. The number of ether oxygens (including phenoxy) is 1. The van der Waals surface area contributed by atoms with Gasteiger partial charge in [0.1, 0.15) is 11.6 Å². The summed E-state index contributed by atoms with van der Waals surface area (Å²) in [7, 11) is 1.43. The van der Waals surface area contributed by atoms with E-state index in [0.29, 0.717) is 12.1 Å². The fourth-order valence-corrected chi connectivity index (χ4v) is 1.97. The first-order valence-electron chi connectivity index (χ1n) is 6.95. The van der Waals surface area contributed by atoms with Gasteiger partial charge < -0.3 is 15.2 Å². The molecule has 0 saturated carbocycles. The molecule has 0 unspecified atom stereocenters. The SMILES string of the molecule is COc1cc(/C=C(\C#N)C(=O)NCc2ccccc2)ccc1O. The fraction of sp³-hybridized carbons (Fsp3) is 0.111. The van der Waals surface area contributed by atoms with E-state index >= 15 is 0 Å². The van der Waals surface area contributed by atoms with Crippen molar-refractivity contribution in [2.24, 2.45) is 0 Å². The van der Waals surface area contributed by atoms with Crippen LogP contribution in [0.2, 0.25) is 0 Å². The zero-order valence-electron chi connectivity index (χ0n) is 12.6. The minimum Gasteiger partial charge on any atom is -0.504 e. The molecule has 2 rings (SSSR count). The fourth-order valence-electron chi connectivity index (χ4n) is 1.97. The van der Waals surface area contributed by atoms with Crippen LogP contribution in [0.25, 0.3) is 6.08 Å². The molecule has 0 aliphatic carbocycles. The third-order valence-electron chi connectivity index (χ3n) is 3.18. The van der Waals surface area contributed by atoms with Crippen molar-refractivity contribution in [1.29, 1.82) is 5.26 Å². The monoisotopic (exact) mass is 308 g/mol. The Kier molecular flexibility index (Phi) is 5.37. The molecule has 0 bridgehead atoms. The van der Waals surface area contributed by atoms with Crippen LogP contribution in [-0.4, -0.2) is 18.1 Å². The van der Waals surface area contributed by atoms with E-state index in [0.717, 1.165) is 5.56 Å². The molecular formula is C18H16N2O3. The van der Waals surface area contributed by atoms with Crippen molar-refractivity contribution in [2.75, 3.05) is 7.11 Å². The second kappa shape index (κ2) is 7.66. The Morgan fingerprint density at radius 2 is 2.04 bits per heavy atom. The number of benzene rings is 2. The van der Waals surface area contributed by atoms with E-state index in [1.54, 1.807) is 12.1 Å². The summed E-state index contributed by atoms with van der Waals surface area (Å²) in [6.45, 7) is 0.345. The lowest BCUT2D eigenvalue weighted by Gasteiger charge is -2.06. The highest BCUT2D eigenvalue weighted by molar-refractivity contribution is 6.01. The molecule has 116 valence electrons. The van der Waals surface area contributed by atoms with Crippen molar-refractivity contribution in [3.63, 3.8) is 0 Å². The van der Waals surface area contributed by atoms with Gasteiger partial charge in [0.25, 0.3) is 5.91 Å². The van der Waals surface area contributed by atoms with Gasteiger partial charge in [-0.2, -0.15) is 5.26 Å². The Morgan fingerprint density at radius 1 is 1.30 bits per heavy atom. The normalized spacial score (nSPS) is 10.7. The summed E-state index contributed by atoms with van der Waals surface area (Å²) in [4.78, 5) is 12.1. The van der Waals surface area contributed by atoms with E-state index in [9.17, 15) is 15.2 Å². The van der Waals surface area contributed by atoms with Gasteiger partial charge in [0, 0.05) is 6.54 Å². The maximum Gasteiger partial charge on any atom is 0.262 e. The van der Waals surface area contributed by atoms with Crippen LogP contribution in [0.1, 0.15) is 11.1 Å². The van der Waals surface area contributed by atoms with E-state index in [1.165, 1.54) is 19.3 Å². The Labute approximate surface area is 134 Å². The number of hydrogen-bond donors (Lipinski definition) is 2. The highest BCUT2D eigenvalue weighted by Gasteiger charge is 2.09. The number of carbonyl (C=O) groups is 1. The summed E-state index contributed by atoms with van der Waals surface area (Å²) in [5.74, 6) is -0.180. The van der Waals surface area contributed by atoms with Gasteiger partial charge in [-0.05, 0) is 29.3 Å². The topological polar surface area (TPSA) is 82.3 Å². The van der Waals surface area contributed by atoms with Gasteiger partial charge in [0.05, 0.1) is 7.11 Å². The Bertz CT molecular complexity index is 762. The Hall–Kier alpha value is -3.26. The maximum atomic E-state index is 12.1. The number of nitrogens with zero attached hydrogens (tertiary/aromatic N) is 1. The second-order valence-electron chi connectivity index (χ2n) is 4.77. The van der Waals surface area contributed by atoms with Crippen molar-refractivity contribution in [3.8, 4) is 17.6 Å². The predicted octanol–water partition coefficient (Wildman–Crippen LogP) is 2.62. The number of phenols is 1. The minimum atomic E-state index is -0.455. The predicted molar refractivity (Wildman–Crippen MR) is 86.5 cm³/mol. The van der Waals surface area contributed by atoms with E-state index in [4.69, 9.17) is 4.74 Å². The van der Waals surface area contributed by atoms with Crippen LogP contribution < -0.4 is 10.1 Å². The lowest BCUT2D eigenvalue weighted by molar-refractivity contribution is -0.117. The van der Waals surface area contributed by atoms with Crippen LogP contribution in [0, 0.1) is 11.3 Å². The summed E-state index contributed by atoms with van der Waals surface area (Å²) >= 11 is 0. The van der Waals surface area contributed by atoms with Gasteiger partial charge in [-0.1, -0.05) is 36.4 Å². The molecule has 0 saturated heterocycles. The first kappa shape index (κ1) is 16.1. The number of aromatic hydroxyl groups is 1. The quantitative estimate of drug-likeness (QED) is 0.657. The molecule has 0 aliphatic rings. The molecular weight excluding hydrogens is 292 g/mol. The van der Waals surface area contributed by atoms with Crippen molar-refractivity contribution >= 4 is 12.0 Å². The van der Waals surface area contributed by atoms with Crippen molar-refractivity contribution in [2.45, 2.75) is 6.54 Å². The Balaban J connectivity index is 2.12. The van der Waals surface area contributed by atoms with Crippen LogP contribution in [0.5, 0.6) is 11.5 Å². The minimum absolute atomic E-state index is 0.00307.